The number of carbonyl (C=O) groups is 1. The summed E-state index contributed by atoms with van der Waals surface area (Å²) in [4.78, 5) is 28.9. The minimum absolute atomic E-state index is 0.0148. The largest absolute Gasteiger partial charge is 0.324 e. The van der Waals surface area contributed by atoms with Gasteiger partial charge in [-0.1, -0.05) is 11.8 Å². The van der Waals surface area contributed by atoms with Gasteiger partial charge < -0.3 is 5.32 Å². The molecule has 8 heteroatoms. The highest BCUT2D eigenvalue weighted by Crippen LogP contribution is 2.32. The van der Waals surface area contributed by atoms with Crippen LogP contribution in [0.15, 0.2) is 28.2 Å². The Morgan fingerprint density at radius 3 is 2.88 bits per heavy atom. The number of amides is 1. The van der Waals surface area contributed by atoms with E-state index in [4.69, 9.17) is 0 Å². The number of anilines is 1. The highest BCUT2D eigenvalue weighted by atomic mass is 32.2. The van der Waals surface area contributed by atoms with Crippen LogP contribution in [-0.4, -0.2) is 21.2 Å². The van der Waals surface area contributed by atoms with Gasteiger partial charge in [0.15, 0.2) is 5.16 Å². The molecule has 0 saturated heterocycles. The zero-order chi connectivity index (χ0) is 17.4. The van der Waals surface area contributed by atoms with Crippen LogP contribution in [0.5, 0.6) is 0 Å². The second kappa shape index (κ2) is 6.35. The van der Waals surface area contributed by atoms with Crippen LogP contribution in [0, 0.1) is 25.5 Å². The third kappa shape index (κ3) is 3.06. The molecule has 2 heterocycles. The molecule has 24 heavy (non-hydrogen) atoms. The number of carbonyl (C=O) groups excluding carboxylic acids is 1. The molecule has 1 unspecified atom stereocenters. The van der Waals surface area contributed by atoms with E-state index < -0.39 is 17.5 Å². The molecular formula is C16H15F2N3O2S. The van der Waals surface area contributed by atoms with E-state index in [9.17, 15) is 18.4 Å². The van der Waals surface area contributed by atoms with Crippen molar-refractivity contribution in [3.8, 4) is 0 Å². The highest BCUT2D eigenvalue weighted by molar-refractivity contribution is 7.99. The van der Waals surface area contributed by atoms with Crippen molar-refractivity contribution in [2.45, 2.75) is 31.5 Å². The second-order valence-corrected chi connectivity index (χ2v) is 6.61. The molecule has 2 aromatic rings. The highest BCUT2D eigenvalue weighted by Gasteiger charge is 2.28. The van der Waals surface area contributed by atoms with Crippen molar-refractivity contribution < 1.29 is 13.6 Å². The zero-order valence-electron chi connectivity index (χ0n) is 13.1. The normalized spacial score (nSPS) is 16.1. The van der Waals surface area contributed by atoms with Crippen molar-refractivity contribution in [2.75, 3.05) is 11.1 Å². The second-order valence-electron chi connectivity index (χ2n) is 5.62. The molecule has 0 aliphatic carbocycles. The summed E-state index contributed by atoms with van der Waals surface area (Å²) < 4.78 is 28.0. The SMILES string of the molecule is Cc1nc2n(c(=O)c1C)C(CC(=O)Nc1ccc(F)cc1F)CS2. The molecule has 5 nitrogen and oxygen atoms in total. The van der Waals surface area contributed by atoms with E-state index in [1.54, 1.807) is 13.8 Å². The molecule has 1 N–H and O–H groups in total. The van der Waals surface area contributed by atoms with E-state index in [1.165, 1.54) is 22.4 Å². The van der Waals surface area contributed by atoms with Crippen molar-refractivity contribution in [2.24, 2.45) is 0 Å². The van der Waals surface area contributed by atoms with Crippen molar-refractivity contribution in [1.29, 1.82) is 0 Å². The Hall–Kier alpha value is -2.22. The summed E-state index contributed by atoms with van der Waals surface area (Å²) in [6, 6.07) is 2.60. The van der Waals surface area contributed by atoms with Crippen LogP contribution in [0.4, 0.5) is 14.5 Å². The number of hydrogen-bond acceptors (Lipinski definition) is 4. The van der Waals surface area contributed by atoms with Gasteiger partial charge in [-0.25, -0.2) is 13.8 Å². The van der Waals surface area contributed by atoms with E-state index in [2.05, 4.69) is 10.3 Å². The van der Waals surface area contributed by atoms with Gasteiger partial charge in [-0.05, 0) is 26.0 Å². The van der Waals surface area contributed by atoms with Crippen LogP contribution < -0.4 is 10.9 Å². The predicted molar refractivity (Wildman–Crippen MR) is 87.3 cm³/mol. The first-order valence-corrected chi connectivity index (χ1v) is 8.33. The van der Waals surface area contributed by atoms with Gasteiger partial charge >= 0.3 is 0 Å². The van der Waals surface area contributed by atoms with Crippen molar-refractivity contribution in [3.63, 3.8) is 0 Å². The molecule has 1 atom stereocenters. The lowest BCUT2D eigenvalue weighted by Gasteiger charge is -2.14. The monoisotopic (exact) mass is 351 g/mol. The van der Waals surface area contributed by atoms with Gasteiger partial charge in [-0.15, -0.1) is 0 Å². The van der Waals surface area contributed by atoms with Gasteiger partial charge in [-0.2, -0.15) is 0 Å². The van der Waals surface area contributed by atoms with Crippen molar-refractivity contribution in [3.05, 3.63) is 51.4 Å². The predicted octanol–water partition coefficient (Wildman–Crippen LogP) is 2.81. The lowest BCUT2D eigenvalue weighted by Crippen LogP contribution is -2.29. The molecule has 1 aromatic heterocycles. The maximum absolute atomic E-state index is 13.6. The molecule has 0 radical (unpaired) electrons. The first-order valence-electron chi connectivity index (χ1n) is 7.34. The molecule has 0 saturated carbocycles. The number of hydrogen-bond donors (Lipinski definition) is 1. The Balaban J connectivity index is 1.78. The number of nitrogens with zero attached hydrogens (tertiary/aromatic N) is 2. The number of halogens is 2. The lowest BCUT2D eigenvalue weighted by atomic mass is 10.2. The van der Waals surface area contributed by atoms with Crippen LogP contribution in [-0.2, 0) is 4.79 Å². The van der Waals surface area contributed by atoms with Gasteiger partial charge in [0, 0.05) is 29.5 Å². The number of fused-ring (bicyclic) bond motifs is 1. The summed E-state index contributed by atoms with van der Waals surface area (Å²) in [5, 5.41) is 3.01. The molecule has 0 bridgehead atoms. The first-order chi connectivity index (χ1) is 11.4. The van der Waals surface area contributed by atoms with E-state index in [1.807, 2.05) is 0 Å². The Bertz CT molecular complexity index is 882. The maximum atomic E-state index is 13.6. The summed E-state index contributed by atoms with van der Waals surface area (Å²) in [6.07, 6.45) is 0.0148. The Labute approximate surface area is 141 Å². The van der Waals surface area contributed by atoms with Gasteiger partial charge in [0.1, 0.15) is 11.6 Å². The molecule has 3 rings (SSSR count). The molecule has 1 aromatic carbocycles. The quantitative estimate of drug-likeness (QED) is 0.864. The molecule has 0 spiro atoms. The molecule has 0 fully saturated rings. The van der Waals surface area contributed by atoms with Crippen molar-refractivity contribution in [1.82, 2.24) is 9.55 Å². The summed E-state index contributed by atoms with van der Waals surface area (Å²) in [6.45, 7) is 3.47. The maximum Gasteiger partial charge on any atom is 0.257 e. The minimum Gasteiger partial charge on any atom is -0.324 e. The third-order valence-electron chi connectivity index (χ3n) is 3.95. The number of rotatable bonds is 3. The first kappa shape index (κ1) is 16.6. The average Bonchev–Trinajstić information content (AvgIpc) is 2.90. The van der Waals surface area contributed by atoms with Gasteiger partial charge in [-0.3, -0.25) is 14.2 Å². The standard InChI is InChI=1S/C16H15F2N3O2S/c1-8-9(2)19-16-21(15(8)23)11(7-24-16)6-14(22)20-13-4-3-10(17)5-12(13)18/h3-5,11H,6-7H2,1-2H3,(H,20,22). The van der Waals surface area contributed by atoms with Crippen LogP contribution >= 0.6 is 11.8 Å². The minimum atomic E-state index is -0.838. The zero-order valence-corrected chi connectivity index (χ0v) is 13.9. The van der Waals surface area contributed by atoms with Crippen LogP contribution in [0.1, 0.15) is 23.7 Å². The van der Waals surface area contributed by atoms with Crippen LogP contribution in [0.25, 0.3) is 0 Å². The summed E-state index contributed by atoms with van der Waals surface area (Å²) in [7, 11) is 0. The molecule has 1 aliphatic rings. The number of nitrogens with one attached hydrogen (secondary N) is 1. The molecular weight excluding hydrogens is 336 g/mol. The smallest absolute Gasteiger partial charge is 0.257 e. The van der Waals surface area contributed by atoms with Crippen LogP contribution in [0.3, 0.4) is 0 Å². The van der Waals surface area contributed by atoms with E-state index in [-0.39, 0.29) is 23.7 Å². The summed E-state index contributed by atoms with van der Waals surface area (Å²) in [5.41, 5.74) is 0.986. The molecule has 1 amide bonds. The van der Waals surface area contributed by atoms with E-state index in [0.29, 0.717) is 28.2 Å². The Morgan fingerprint density at radius 2 is 2.17 bits per heavy atom. The summed E-state index contributed by atoms with van der Waals surface area (Å²) >= 11 is 1.41. The lowest BCUT2D eigenvalue weighted by molar-refractivity contribution is -0.116. The summed E-state index contributed by atoms with van der Waals surface area (Å²) in [5.74, 6) is -1.45. The Kier molecular flexibility index (Phi) is 4.40. The number of benzene rings is 1. The topological polar surface area (TPSA) is 64.0 Å². The average molecular weight is 351 g/mol. The fraction of sp³-hybridized carbons (Fsp3) is 0.312. The third-order valence-corrected chi connectivity index (χ3v) is 5.05. The van der Waals surface area contributed by atoms with E-state index in [0.717, 1.165) is 6.07 Å². The number of thioether (sulfide) groups is 1. The van der Waals surface area contributed by atoms with Gasteiger partial charge in [0.25, 0.3) is 5.56 Å². The van der Waals surface area contributed by atoms with Crippen molar-refractivity contribution >= 4 is 23.4 Å². The number of aromatic nitrogens is 2. The molecule has 1 aliphatic heterocycles. The Morgan fingerprint density at radius 1 is 1.42 bits per heavy atom. The number of aryl methyl sites for hydroxylation is 1. The van der Waals surface area contributed by atoms with Crippen LogP contribution in [0.2, 0.25) is 0 Å². The fourth-order valence-electron chi connectivity index (χ4n) is 2.53. The van der Waals surface area contributed by atoms with Gasteiger partial charge in [0.2, 0.25) is 5.91 Å². The van der Waals surface area contributed by atoms with E-state index >= 15 is 0 Å². The van der Waals surface area contributed by atoms with Gasteiger partial charge in [0.05, 0.1) is 11.7 Å². The molecule has 126 valence electrons. The fourth-order valence-corrected chi connectivity index (χ4v) is 3.71.